The third-order valence-corrected chi connectivity index (χ3v) is 3.40. The van der Waals surface area contributed by atoms with Gasteiger partial charge in [0, 0.05) is 17.6 Å². The molecule has 2 aromatic rings. The molecule has 2 rings (SSSR count). The maximum atomic E-state index is 8.70. The van der Waals surface area contributed by atoms with Crippen molar-refractivity contribution < 1.29 is 0 Å². The zero-order valence-electron chi connectivity index (χ0n) is 9.60. The number of nitriles is 1. The predicted octanol–water partition coefficient (Wildman–Crippen LogP) is 3.14. The van der Waals surface area contributed by atoms with Crippen molar-refractivity contribution in [3.63, 3.8) is 0 Å². The predicted molar refractivity (Wildman–Crippen MR) is 68.7 cm³/mol. The Labute approximate surface area is 105 Å². The largest absolute Gasteiger partial charge is 0.337 e. The number of thioether (sulfide) groups is 1. The van der Waals surface area contributed by atoms with E-state index in [0.717, 1.165) is 23.0 Å². The van der Waals surface area contributed by atoms with Crippen LogP contribution in [0.1, 0.15) is 23.7 Å². The van der Waals surface area contributed by atoms with E-state index in [-0.39, 0.29) is 0 Å². The molecule has 0 spiro atoms. The second kappa shape index (κ2) is 5.55. The SMILES string of the molecule is CCc1cnc(SCc2ccc(C#N)cc2)[nH]1. The minimum atomic E-state index is 0.699. The van der Waals surface area contributed by atoms with Crippen molar-refractivity contribution in [2.75, 3.05) is 0 Å². The summed E-state index contributed by atoms with van der Waals surface area (Å²) in [6.07, 6.45) is 2.85. The van der Waals surface area contributed by atoms with Crippen LogP contribution in [0.15, 0.2) is 35.6 Å². The molecule has 0 aliphatic carbocycles. The van der Waals surface area contributed by atoms with Crippen molar-refractivity contribution in [1.82, 2.24) is 9.97 Å². The van der Waals surface area contributed by atoms with Crippen LogP contribution in [0.3, 0.4) is 0 Å². The molecule has 0 saturated carbocycles. The first-order chi connectivity index (χ1) is 8.31. The molecule has 0 saturated heterocycles. The van der Waals surface area contributed by atoms with Gasteiger partial charge in [0.2, 0.25) is 0 Å². The minimum absolute atomic E-state index is 0.699. The molecule has 1 N–H and O–H groups in total. The van der Waals surface area contributed by atoms with Gasteiger partial charge in [0.1, 0.15) is 0 Å². The highest BCUT2D eigenvalue weighted by Gasteiger charge is 2.01. The van der Waals surface area contributed by atoms with Crippen LogP contribution in [0.25, 0.3) is 0 Å². The van der Waals surface area contributed by atoms with E-state index in [1.807, 2.05) is 30.5 Å². The van der Waals surface area contributed by atoms with Gasteiger partial charge < -0.3 is 4.98 Å². The van der Waals surface area contributed by atoms with E-state index in [9.17, 15) is 0 Å². The molecule has 0 aliphatic heterocycles. The summed E-state index contributed by atoms with van der Waals surface area (Å²) in [7, 11) is 0. The number of rotatable bonds is 4. The summed E-state index contributed by atoms with van der Waals surface area (Å²) in [6, 6.07) is 9.76. The Kier molecular flexibility index (Phi) is 3.84. The lowest BCUT2D eigenvalue weighted by Gasteiger charge is -1.99. The van der Waals surface area contributed by atoms with Gasteiger partial charge >= 0.3 is 0 Å². The molecule has 0 unspecified atom stereocenters. The van der Waals surface area contributed by atoms with E-state index >= 15 is 0 Å². The van der Waals surface area contributed by atoms with Gasteiger partial charge in [-0.2, -0.15) is 5.26 Å². The molecule has 17 heavy (non-hydrogen) atoms. The van der Waals surface area contributed by atoms with Crippen LogP contribution in [0, 0.1) is 11.3 Å². The number of hydrogen-bond acceptors (Lipinski definition) is 3. The maximum Gasteiger partial charge on any atom is 0.165 e. The van der Waals surface area contributed by atoms with Gasteiger partial charge in [-0.1, -0.05) is 30.8 Å². The molecule has 0 atom stereocenters. The Balaban J connectivity index is 1.95. The average Bonchev–Trinajstić information content (AvgIpc) is 2.85. The highest BCUT2D eigenvalue weighted by molar-refractivity contribution is 7.98. The first kappa shape index (κ1) is 11.7. The quantitative estimate of drug-likeness (QED) is 0.839. The second-order valence-corrected chi connectivity index (χ2v) is 4.63. The summed E-state index contributed by atoms with van der Waals surface area (Å²) < 4.78 is 0. The van der Waals surface area contributed by atoms with Crippen molar-refractivity contribution in [2.45, 2.75) is 24.3 Å². The Morgan fingerprint density at radius 1 is 1.35 bits per heavy atom. The zero-order chi connectivity index (χ0) is 12.1. The summed E-state index contributed by atoms with van der Waals surface area (Å²) in [6.45, 7) is 2.10. The normalized spacial score (nSPS) is 10.1. The fraction of sp³-hybridized carbons (Fsp3) is 0.231. The number of aromatic amines is 1. The second-order valence-electron chi connectivity index (χ2n) is 3.66. The van der Waals surface area contributed by atoms with Gasteiger partial charge in [-0.3, -0.25) is 0 Å². The lowest BCUT2D eigenvalue weighted by atomic mass is 10.2. The van der Waals surface area contributed by atoms with Crippen LogP contribution in [0.2, 0.25) is 0 Å². The number of nitrogens with zero attached hydrogens (tertiary/aromatic N) is 2. The van der Waals surface area contributed by atoms with Gasteiger partial charge in [0.25, 0.3) is 0 Å². The van der Waals surface area contributed by atoms with E-state index in [1.54, 1.807) is 11.8 Å². The third-order valence-electron chi connectivity index (χ3n) is 2.44. The van der Waals surface area contributed by atoms with Gasteiger partial charge in [-0.15, -0.1) is 0 Å². The first-order valence-corrected chi connectivity index (χ1v) is 6.46. The van der Waals surface area contributed by atoms with Crippen molar-refractivity contribution in [3.8, 4) is 6.07 Å². The molecule has 1 heterocycles. The highest BCUT2D eigenvalue weighted by atomic mass is 32.2. The topological polar surface area (TPSA) is 52.5 Å². The molecule has 3 nitrogen and oxygen atoms in total. The highest BCUT2D eigenvalue weighted by Crippen LogP contribution is 2.20. The van der Waals surface area contributed by atoms with Gasteiger partial charge in [-0.05, 0) is 24.1 Å². The lowest BCUT2D eigenvalue weighted by Crippen LogP contribution is -1.83. The van der Waals surface area contributed by atoms with Gasteiger partial charge in [0.05, 0.1) is 11.6 Å². The number of aryl methyl sites for hydroxylation is 1. The molecular formula is C13H13N3S. The molecule has 86 valence electrons. The van der Waals surface area contributed by atoms with Crippen LogP contribution in [0.4, 0.5) is 0 Å². The lowest BCUT2D eigenvalue weighted by molar-refractivity contribution is 0.993. The van der Waals surface area contributed by atoms with E-state index in [4.69, 9.17) is 5.26 Å². The van der Waals surface area contributed by atoms with Crippen LogP contribution in [0.5, 0.6) is 0 Å². The van der Waals surface area contributed by atoms with Crippen LogP contribution in [-0.4, -0.2) is 9.97 Å². The molecule has 0 fully saturated rings. The Morgan fingerprint density at radius 3 is 2.71 bits per heavy atom. The van der Waals surface area contributed by atoms with Gasteiger partial charge in [-0.25, -0.2) is 4.98 Å². The Morgan fingerprint density at radius 2 is 2.12 bits per heavy atom. The Hall–Kier alpha value is -1.73. The summed E-state index contributed by atoms with van der Waals surface area (Å²) >= 11 is 1.67. The number of aromatic nitrogens is 2. The standard InChI is InChI=1S/C13H13N3S/c1-2-12-8-15-13(16-12)17-9-11-5-3-10(7-14)4-6-11/h3-6,8H,2,9H2,1H3,(H,15,16). The fourth-order valence-electron chi connectivity index (χ4n) is 1.42. The van der Waals surface area contributed by atoms with E-state index < -0.39 is 0 Å². The maximum absolute atomic E-state index is 8.70. The number of nitrogens with one attached hydrogen (secondary N) is 1. The Bertz CT molecular complexity index is 522. The van der Waals surface area contributed by atoms with Gasteiger partial charge in [0.15, 0.2) is 5.16 Å². The first-order valence-electron chi connectivity index (χ1n) is 5.47. The number of H-pyrrole nitrogens is 1. The number of imidazole rings is 1. The molecule has 0 radical (unpaired) electrons. The van der Waals surface area contributed by atoms with Crippen molar-refractivity contribution in [3.05, 3.63) is 47.3 Å². The number of benzene rings is 1. The smallest absolute Gasteiger partial charge is 0.165 e. The molecule has 1 aromatic carbocycles. The molecule has 0 bridgehead atoms. The monoisotopic (exact) mass is 243 g/mol. The number of hydrogen-bond donors (Lipinski definition) is 1. The van der Waals surface area contributed by atoms with Crippen molar-refractivity contribution in [2.24, 2.45) is 0 Å². The summed E-state index contributed by atoms with van der Waals surface area (Å²) in [5.74, 6) is 0.863. The minimum Gasteiger partial charge on any atom is -0.337 e. The van der Waals surface area contributed by atoms with E-state index in [1.165, 1.54) is 5.56 Å². The average molecular weight is 243 g/mol. The third kappa shape index (κ3) is 3.11. The molecule has 0 amide bonds. The van der Waals surface area contributed by atoms with E-state index in [2.05, 4.69) is 23.0 Å². The van der Waals surface area contributed by atoms with Crippen molar-refractivity contribution in [1.29, 1.82) is 5.26 Å². The van der Waals surface area contributed by atoms with Crippen LogP contribution in [-0.2, 0) is 12.2 Å². The fourth-order valence-corrected chi connectivity index (χ4v) is 2.25. The summed E-state index contributed by atoms with van der Waals surface area (Å²) in [4.78, 5) is 7.55. The van der Waals surface area contributed by atoms with Crippen LogP contribution < -0.4 is 0 Å². The molecule has 0 aliphatic rings. The molecule has 4 heteroatoms. The molecular weight excluding hydrogens is 230 g/mol. The summed E-state index contributed by atoms with van der Waals surface area (Å²) in [5.41, 5.74) is 3.06. The van der Waals surface area contributed by atoms with E-state index in [0.29, 0.717) is 5.56 Å². The summed E-state index contributed by atoms with van der Waals surface area (Å²) in [5, 5.41) is 9.65. The van der Waals surface area contributed by atoms with Crippen LogP contribution >= 0.6 is 11.8 Å². The molecule has 1 aromatic heterocycles. The van der Waals surface area contributed by atoms with Crippen molar-refractivity contribution >= 4 is 11.8 Å². The zero-order valence-corrected chi connectivity index (χ0v) is 10.4.